The highest BCUT2D eigenvalue weighted by Crippen LogP contribution is 2.22. The molecule has 0 bridgehead atoms. The van der Waals surface area contributed by atoms with Gasteiger partial charge in [0, 0.05) is 23.2 Å². The number of amides is 2. The van der Waals surface area contributed by atoms with E-state index >= 15 is 0 Å². The molecular weight excluding hydrogens is 300 g/mol. The molecule has 0 heterocycles. The second-order valence-corrected chi connectivity index (χ2v) is 6.69. The van der Waals surface area contributed by atoms with E-state index in [9.17, 15) is 9.59 Å². The Balaban J connectivity index is 1.96. The molecule has 2 amide bonds. The van der Waals surface area contributed by atoms with Crippen molar-refractivity contribution >= 4 is 17.5 Å². The summed E-state index contributed by atoms with van der Waals surface area (Å²) in [4.78, 5) is 23.5. The molecule has 24 heavy (non-hydrogen) atoms. The number of aryl methyl sites for hydroxylation is 1. The third kappa shape index (κ3) is 4.69. The van der Waals surface area contributed by atoms with Crippen molar-refractivity contribution in [1.82, 2.24) is 5.32 Å². The lowest BCUT2D eigenvalue weighted by molar-refractivity contribution is 0.101. The van der Waals surface area contributed by atoms with Crippen LogP contribution in [0.15, 0.2) is 48.5 Å². The monoisotopic (exact) mass is 324 g/mol. The van der Waals surface area contributed by atoms with Crippen LogP contribution in [0.3, 0.4) is 0 Å². The van der Waals surface area contributed by atoms with E-state index in [2.05, 4.69) is 55.7 Å². The molecule has 0 aliphatic heterocycles. The molecule has 0 aliphatic rings. The predicted molar refractivity (Wildman–Crippen MR) is 97.7 cm³/mol. The number of benzene rings is 2. The van der Waals surface area contributed by atoms with E-state index in [1.165, 1.54) is 18.1 Å². The van der Waals surface area contributed by atoms with Gasteiger partial charge in [-0.3, -0.25) is 4.79 Å². The van der Waals surface area contributed by atoms with Gasteiger partial charge in [0.2, 0.25) is 0 Å². The van der Waals surface area contributed by atoms with Crippen LogP contribution in [0.5, 0.6) is 0 Å². The van der Waals surface area contributed by atoms with Gasteiger partial charge in [0.05, 0.1) is 0 Å². The van der Waals surface area contributed by atoms with Gasteiger partial charge in [0.1, 0.15) is 0 Å². The van der Waals surface area contributed by atoms with Gasteiger partial charge in [-0.15, -0.1) is 0 Å². The van der Waals surface area contributed by atoms with Crippen LogP contribution in [-0.2, 0) is 5.41 Å². The van der Waals surface area contributed by atoms with Crippen molar-refractivity contribution in [2.24, 2.45) is 0 Å². The standard InChI is InChI=1S/C20H24N2O2/c1-14-8-10-17(11-9-14)20(3,4)13-21-19(24)22-18-7-5-6-16(12-18)15(2)23/h5-12H,13H2,1-4H3,(H2,21,22,24). The number of hydrogen-bond acceptors (Lipinski definition) is 2. The summed E-state index contributed by atoms with van der Waals surface area (Å²) in [5.41, 5.74) is 3.39. The molecule has 4 nitrogen and oxygen atoms in total. The largest absolute Gasteiger partial charge is 0.337 e. The number of urea groups is 1. The zero-order valence-electron chi connectivity index (χ0n) is 14.6. The molecular formula is C20H24N2O2. The fourth-order valence-electron chi connectivity index (χ4n) is 2.40. The van der Waals surface area contributed by atoms with E-state index in [0.29, 0.717) is 17.8 Å². The third-order valence-electron chi connectivity index (χ3n) is 4.05. The van der Waals surface area contributed by atoms with Crippen LogP contribution >= 0.6 is 0 Å². The van der Waals surface area contributed by atoms with Gasteiger partial charge < -0.3 is 10.6 Å². The number of ketones is 1. The first kappa shape index (κ1) is 17.7. The Morgan fingerprint density at radius 2 is 1.71 bits per heavy atom. The second kappa shape index (κ2) is 7.30. The van der Waals surface area contributed by atoms with Gasteiger partial charge in [0.15, 0.2) is 5.78 Å². The molecule has 0 spiro atoms. The normalized spacial score (nSPS) is 11.0. The van der Waals surface area contributed by atoms with Crippen LogP contribution in [0.4, 0.5) is 10.5 Å². The van der Waals surface area contributed by atoms with E-state index in [1.807, 2.05) is 0 Å². The molecule has 2 N–H and O–H groups in total. The molecule has 126 valence electrons. The van der Waals surface area contributed by atoms with Gasteiger partial charge in [-0.2, -0.15) is 0 Å². The minimum Gasteiger partial charge on any atom is -0.337 e. The molecule has 0 saturated carbocycles. The minimum absolute atomic E-state index is 0.0282. The SMILES string of the molecule is CC(=O)c1cccc(NC(=O)NCC(C)(C)c2ccc(C)cc2)c1. The van der Waals surface area contributed by atoms with Crippen molar-refractivity contribution in [3.8, 4) is 0 Å². The minimum atomic E-state index is -0.282. The summed E-state index contributed by atoms with van der Waals surface area (Å²) in [6, 6.07) is 15.0. The van der Waals surface area contributed by atoms with E-state index < -0.39 is 0 Å². The van der Waals surface area contributed by atoms with Crippen molar-refractivity contribution in [1.29, 1.82) is 0 Å². The maximum atomic E-state index is 12.1. The Morgan fingerprint density at radius 3 is 2.33 bits per heavy atom. The van der Waals surface area contributed by atoms with Crippen LogP contribution in [0, 0.1) is 6.92 Å². The Bertz CT molecular complexity index is 734. The fraction of sp³-hybridized carbons (Fsp3) is 0.300. The number of rotatable bonds is 5. The second-order valence-electron chi connectivity index (χ2n) is 6.69. The van der Waals surface area contributed by atoms with Gasteiger partial charge in [-0.05, 0) is 31.5 Å². The maximum absolute atomic E-state index is 12.1. The number of carbonyl (C=O) groups excluding carboxylic acids is 2. The lowest BCUT2D eigenvalue weighted by Crippen LogP contribution is -2.39. The molecule has 2 rings (SSSR count). The third-order valence-corrected chi connectivity index (χ3v) is 4.05. The first-order valence-electron chi connectivity index (χ1n) is 8.01. The van der Waals surface area contributed by atoms with E-state index in [4.69, 9.17) is 0 Å². The fourth-order valence-corrected chi connectivity index (χ4v) is 2.40. The lowest BCUT2D eigenvalue weighted by Gasteiger charge is -2.26. The maximum Gasteiger partial charge on any atom is 0.319 e. The van der Waals surface area contributed by atoms with Crippen molar-refractivity contribution in [2.75, 3.05) is 11.9 Å². The number of nitrogens with one attached hydrogen (secondary N) is 2. The smallest absolute Gasteiger partial charge is 0.319 e. The Morgan fingerprint density at radius 1 is 1.04 bits per heavy atom. The van der Waals surface area contributed by atoms with Crippen LogP contribution in [0.2, 0.25) is 0 Å². The quantitative estimate of drug-likeness (QED) is 0.806. The molecule has 2 aromatic carbocycles. The van der Waals surface area contributed by atoms with E-state index in [-0.39, 0.29) is 17.2 Å². The van der Waals surface area contributed by atoms with Gasteiger partial charge >= 0.3 is 6.03 Å². The summed E-state index contributed by atoms with van der Waals surface area (Å²) in [6.07, 6.45) is 0. The van der Waals surface area contributed by atoms with Gasteiger partial charge in [-0.25, -0.2) is 4.79 Å². The molecule has 0 radical (unpaired) electrons. The molecule has 0 aliphatic carbocycles. The Kier molecular flexibility index (Phi) is 5.39. The molecule has 2 aromatic rings. The van der Waals surface area contributed by atoms with Gasteiger partial charge in [-0.1, -0.05) is 55.8 Å². The van der Waals surface area contributed by atoms with Crippen molar-refractivity contribution < 1.29 is 9.59 Å². The summed E-state index contributed by atoms with van der Waals surface area (Å²) in [6.45, 7) is 8.25. The number of carbonyl (C=O) groups is 2. The molecule has 0 unspecified atom stereocenters. The van der Waals surface area contributed by atoms with Crippen LogP contribution < -0.4 is 10.6 Å². The molecule has 0 atom stereocenters. The van der Waals surface area contributed by atoms with Crippen LogP contribution in [0.1, 0.15) is 42.3 Å². The highest BCUT2D eigenvalue weighted by Gasteiger charge is 2.21. The number of Topliss-reactive ketones (excluding diaryl/α,β-unsaturated/α-hetero) is 1. The molecule has 4 heteroatoms. The van der Waals surface area contributed by atoms with Crippen molar-refractivity contribution in [2.45, 2.75) is 33.1 Å². The highest BCUT2D eigenvalue weighted by molar-refractivity contribution is 5.96. The molecule has 0 aromatic heterocycles. The Labute approximate surface area is 143 Å². The molecule has 0 saturated heterocycles. The van der Waals surface area contributed by atoms with Crippen molar-refractivity contribution in [3.05, 3.63) is 65.2 Å². The zero-order valence-corrected chi connectivity index (χ0v) is 14.6. The van der Waals surface area contributed by atoms with Crippen LogP contribution in [0.25, 0.3) is 0 Å². The summed E-state index contributed by atoms with van der Waals surface area (Å²) in [5, 5.41) is 5.67. The first-order valence-corrected chi connectivity index (χ1v) is 8.01. The van der Waals surface area contributed by atoms with Crippen molar-refractivity contribution in [3.63, 3.8) is 0 Å². The van der Waals surface area contributed by atoms with E-state index in [1.54, 1.807) is 24.3 Å². The summed E-state index contributed by atoms with van der Waals surface area (Å²) >= 11 is 0. The summed E-state index contributed by atoms with van der Waals surface area (Å²) in [7, 11) is 0. The van der Waals surface area contributed by atoms with Crippen LogP contribution in [-0.4, -0.2) is 18.4 Å². The topological polar surface area (TPSA) is 58.2 Å². The predicted octanol–water partition coefficient (Wildman–Crippen LogP) is 4.30. The average Bonchev–Trinajstić information content (AvgIpc) is 2.54. The summed E-state index contributed by atoms with van der Waals surface area (Å²) in [5.74, 6) is -0.0282. The lowest BCUT2D eigenvalue weighted by atomic mass is 9.84. The molecule has 0 fully saturated rings. The summed E-state index contributed by atoms with van der Waals surface area (Å²) < 4.78 is 0. The first-order chi connectivity index (χ1) is 11.3. The Hall–Kier alpha value is -2.62. The zero-order chi connectivity index (χ0) is 17.7. The number of anilines is 1. The van der Waals surface area contributed by atoms with Gasteiger partial charge in [0.25, 0.3) is 0 Å². The highest BCUT2D eigenvalue weighted by atomic mass is 16.2. The number of hydrogen-bond donors (Lipinski definition) is 2. The average molecular weight is 324 g/mol. The van der Waals surface area contributed by atoms with E-state index in [0.717, 1.165) is 0 Å².